The molecule has 0 unspecified atom stereocenters. The summed E-state index contributed by atoms with van der Waals surface area (Å²) in [5.41, 5.74) is 2.18. The van der Waals surface area contributed by atoms with Crippen LogP contribution in [0.2, 0.25) is 5.02 Å². The maximum Gasteiger partial charge on any atom is 0.278 e. The highest BCUT2D eigenvalue weighted by molar-refractivity contribution is 6.36. The Hall–Kier alpha value is -3.32. The number of hydrogen-bond acceptors (Lipinski definition) is 5. The molecule has 2 aromatic rings. The lowest BCUT2D eigenvalue weighted by Crippen LogP contribution is -2.35. The molecule has 0 bridgehead atoms. The predicted molar refractivity (Wildman–Crippen MR) is 121 cm³/mol. The highest BCUT2D eigenvalue weighted by atomic mass is 35.5. The topological polar surface area (TPSA) is 87.7 Å². The molecule has 3 amide bonds. The maximum atomic E-state index is 13.2. The van der Waals surface area contributed by atoms with Gasteiger partial charge >= 0.3 is 0 Å². The van der Waals surface area contributed by atoms with Crippen LogP contribution in [0.1, 0.15) is 26.3 Å². The van der Waals surface area contributed by atoms with Crippen molar-refractivity contribution in [1.82, 2.24) is 4.90 Å². The van der Waals surface area contributed by atoms with E-state index in [1.165, 1.54) is 18.9 Å². The first-order valence-corrected chi connectivity index (χ1v) is 10.2. The highest BCUT2D eigenvalue weighted by Gasteiger charge is 2.39. The molecular formula is C23H24ClN3O4. The summed E-state index contributed by atoms with van der Waals surface area (Å²) in [6.07, 6.45) is 0. The van der Waals surface area contributed by atoms with Crippen LogP contribution in [0.5, 0.6) is 5.75 Å². The smallest absolute Gasteiger partial charge is 0.278 e. The number of benzene rings is 2. The van der Waals surface area contributed by atoms with Crippen LogP contribution in [0.15, 0.2) is 48.2 Å². The molecular weight excluding hydrogens is 418 g/mol. The standard InChI is InChI=1S/C23H24ClN3O4/c1-13(2)12-27-22(29)20(15-5-7-16(8-6-15)25-14(3)28)21(23(27)30)26-17-9-10-19(31-4)18(24)11-17/h5-11,13,26H,12H2,1-4H3,(H,25,28). The lowest BCUT2D eigenvalue weighted by molar-refractivity contribution is -0.137. The third-order valence-corrected chi connectivity index (χ3v) is 4.93. The van der Waals surface area contributed by atoms with Gasteiger partial charge in [0.25, 0.3) is 11.8 Å². The Balaban J connectivity index is 2.02. The van der Waals surface area contributed by atoms with Gasteiger partial charge in [-0.25, -0.2) is 0 Å². The average Bonchev–Trinajstić information content (AvgIpc) is 2.92. The minimum absolute atomic E-state index is 0.117. The van der Waals surface area contributed by atoms with E-state index >= 15 is 0 Å². The first-order chi connectivity index (χ1) is 14.7. The largest absolute Gasteiger partial charge is 0.495 e. The van der Waals surface area contributed by atoms with E-state index in [4.69, 9.17) is 16.3 Å². The van der Waals surface area contributed by atoms with Crippen molar-refractivity contribution in [1.29, 1.82) is 0 Å². The van der Waals surface area contributed by atoms with E-state index in [-0.39, 0.29) is 29.0 Å². The summed E-state index contributed by atoms with van der Waals surface area (Å²) in [6.45, 7) is 5.61. The number of carbonyl (C=O) groups is 3. The molecule has 0 radical (unpaired) electrons. The highest BCUT2D eigenvalue weighted by Crippen LogP contribution is 2.33. The van der Waals surface area contributed by atoms with E-state index in [9.17, 15) is 14.4 Å². The zero-order chi connectivity index (χ0) is 22.7. The number of anilines is 2. The van der Waals surface area contributed by atoms with E-state index in [1.807, 2.05) is 13.8 Å². The van der Waals surface area contributed by atoms with Crippen molar-refractivity contribution in [2.24, 2.45) is 5.92 Å². The van der Waals surface area contributed by atoms with Crippen LogP contribution in [-0.2, 0) is 14.4 Å². The average molecular weight is 442 g/mol. The third-order valence-electron chi connectivity index (χ3n) is 4.63. The number of halogens is 1. The molecule has 8 heteroatoms. The van der Waals surface area contributed by atoms with Gasteiger partial charge < -0.3 is 15.4 Å². The fourth-order valence-electron chi connectivity index (χ4n) is 3.30. The van der Waals surface area contributed by atoms with Crippen molar-refractivity contribution in [2.75, 3.05) is 24.3 Å². The van der Waals surface area contributed by atoms with Gasteiger partial charge in [-0.2, -0.15) is 0 Å². The Bertz CT molecular complexity index is 1060. The van der Waals surface area contributed by atoms with Crippen LogP contribution in [-0.4, -0.2) is 36.3 Å². The number of nitrogens with zero attached hydrogens (tertiary/aromatic N) is 1. The van der Waals surface area contributed by atoms with Crippen molar-refractivity contribution in [3.05, 3.63) is 58.7 Å². The van der Waals surface area contributed by atoms with Gasteiger partial charge in [-0.15, -0.1) is 0 Å². The number of ether oxygens (including phenoxy) is 1. The number of rotatable bonds is 7. The van der Waals surface area contributed by atoms with Crippen LogP contribution < -0.4 is 15.4 Å². The SMILES string of the molecule is COc1ccc(NC2=C(c3ccc(NC(C)=O)cc3)C(=O)N(CC(C)C)C2=O)cc1Cl. The Morgan fingerprint density at radius 2 is 1.71 bits per heavy atom. The van der Waals surface area contributed by atoms with Crippen molar-refractivity contribution in [3.63, 3.8) is 0 Å². The Kier molecular flexibility index (Phi) is 6.65. The minimum atomic E-state index is -0.397. The van der Waals surface area contributed by atoms with Gasteiger partial charge in [0.15, 0.2) is 0 Å². The second kappa shape index (κ2) is 9.22. The molecule has 162 valence electrons. The molecule has 1 aliphatic heterocycles. The number of methoxy groups -OCH3 is 1. The molecule has 1 aliphatic rings. The lowest BCUT2D eigenvalue weighted by atomic mass is 10.0. The second-order valence-corrected chi connectivity index (χ2v) is 8.00. The van der Waals surface area contributed by atoms with E-state index < -0.39 is 5.91 Å². The fraction of sp³-hybridized carbons (Fsp3) is 0.261. The summed E-state index contributed by atoms with van der Waals surface area (Å²) in [6, 6.07) is 11.8. The Morgan fingerprint density at radius 3 is 2.26 bits per heavy atom. The van der Waals surface area contributed by atoms with Crippen LogP contribution in [0, 0.1) is 5.92 Å². The number of imide groups is 1. The molecule has 0 spiro atoms. The van der Waals surface area contributed by atoms with Gasteiger partial charge in [-0.1, -0.05) is 37.6 Å². The number of amides is 3. The van der Waals surface area contributed by atoms with Gasteiger partial charge in [0, 0.05) is 24.8 Å². The molecule has 0 saturated carbocycles. The third kappa shape index (κ3) is 4.88. The Morgan fingerprint density at radius 1 is 1.06 bits per heavy atom. The molecule has 7 nitrogen and oxygen atoms in total. The first kappa shape index (κ1) is 22.4. The summed E-state index contributed by atoms with van der Waals surface area (Å²) in [5, 5.41) is 6.14. The summed E-state index contributed by atoms with van der Waals surface area (Å²) in [5.74, 6) is -0.336. The van der Waals surface area contributed by atoms with Crippen LogP contribution >= 0.6 is 11.6 Å². The molecule has 31 heavy (non-hydrogen) atoms. The normalized spacial score (nSPS) is 13.8. The van der Waals surface area contributed by atoms with E-state index in [1.54, 1.807) is 42.5 Å². The van der Waals surface area contributed by atoms with Crippen molar-refractivity contribution >= 4 is 46.3 Å². The molecule has 2 N–H and O–H groups in total. The lowest BCUT2D eigenvalue weighted by Gasteiger charge is -2.17. The first-order valence-electron chi connectivity index (χ1n) is 9.80. The monoisotopic (exact) mass is 441 g/mol. The summed E-state index contributed by atoms with van der Waals surface area (Å²) in [7, 11) is 1.52. The van der Waals surface area contributed by atoms with Gasteiger partial charge in [-0.05, 0) is 41.8 Å². The van der Waals surface area contributed by atoms with E-state index in [0.29, 0.717) is 34.3 Å². The second-order valence-electron chi connectivity index (χ2n) is 7.60. The van der Waals surface area contributed by atoms with Gasteiger partial charge in [-0.3, -0.25) is 19.3 Å². The van der Waals surface area contributed by atoms with E-state index in [2.05, 4.69) is 10.6 Å². The van der Waals surface area contributed by atoms with Gasteiger partial charge in [0.05, 0.1) is 17.7 Å². The van der Waals surface area contributed by atoms with Crippen LogP contribution in [0.3, 0.4) is 0 Å². The molecule has 0 aromatic heterocycles. The summed E-state index contributed by atoms with van der Waals surface area (Å²) < 4.78 is 5.17. The molecule has 1 heterocycles. The van der Waals surface area contributed by atoms with Crippen LogP contribution in [0.4, 0.5) is 11.4 Å². The van der Waals surface area contributed by atoms with Crippen LogP contribution in [0.25, 0.3) is 5.57 Å². The molecule has 0 fully saturated rings. The fourth-order valence-corrected chi connectivity index (χ4v) is 3.56. The van der Waals surface area contributed by atoms with Gasteiger partial charge in [0.2, 0.25) is 5.91 Å². The minimum Gasteiger partial charge on any atom is -0.495 e. The Labute approximate surface area is 186 Å². The molecule has 0 atom stereocenters. The molecule has 3 rings (SSSR count). The zero-order valence-electron chi connectivity index (χ0n) is 17.8. The van der Waals surface area contributed by atoms with Crippen molar-refractivity contribution in [3.8, 4) is 5.75 Å². The molecule has 0 aliphatic carbocycles. The van der Waals surface area contributed by atoms with Crippen molar-refractivity contribution in [2.45, 2.75) is 20.8 Å². The maximum absolute atomic E-state index is 13.2. The molecule has 2 aromatic carbocycles. The summed E-state index contributed by atoms with van der Waals surface area (Å²) in [4.78, 5) is 38.8. The van der Waals surface area contributed by atoms with Gasteiger partial charge in [0.1, 0.15) is 11.4 Å². The number of carbonyl (C=O) groups excluding carboxylic acids is 3. The molecule has 0 saturated heterocycles. The van der Waals surface area contributed by atoms with E-state index in [0.717, 1.165) is 0 Å². The van der Waals surface area contributed by atoms with Crippen molar-refractivity contribution < 1.29 is 19.1 Å². The zero-order valence-corrected chi connectivity index (χ0v) is 18.5. The summed E-state index contributed by atoms with van der Waals surface area (Å²) >= 11 is 6.21. The predicted octanol–water partition coefficient (Wildman–Crippen LogP) is 4.16. The number of nitrogens with one attached hydrogen (secondary N) is 2. The quantitative estimate of drug-likeness (QED) is 0.630. The number of hydrogen-bond donors (Lipinski definition) is 2.